The number of carbonyl (C=O) groups is 4. The molecule has 6 amide bonds. The van der Waals surface area contributed by atoms with Crippen molar-refractivity contribution in [3.05, 3.63) is 89.5 Å². The molecule has 15 nitrogen and oxygen atoms in total. The number of halogens is 1. The van der Waals surface area contributed by atoms with Gasteiger partial charge in [0.25, 0.3) is 5.91 Å². The summed E-state index contributed by atoms with van der Waals surface area (Å²) in [7, 11) is 0. The van der Waals surface area contributed by atoms with Crippen molar-refractivity contribution < 1.29 is 33.4 Å². The minimum atomic E-state index is -0.585. The van der Waals surface area contributed by atoms with Gasteiger partial charge in [-0.1, -0.05) is 38.1 Å². The zero-order chi connectivity index (χ0) is 47.7. The number of ether oxygens (including phenoxy) is 1. The highest BCUT2D eigenvalue weighted by Gasteiger charge is 2.39. The number of amides is 6. The molecule has 5 aromatic rings. The van der Waals surface area contributed by atoms with Crippen molar-refractivity contribution in [1.82, 2.24) is 35.0 Å². The summed E-state index contributed by atoms with van der Waals surface area (Å²) in [6, 6.07) is 17.6. The zero-order valence-electron chi connectivity index (χ0n) is 39.4. The first-order valence-electron chi connectivity index (χ1n) is 24.1. The van der Waals surface area contributed by atoms with Gasteiger partial charge in [-0.25, -0.2) is 23.9 Å². The van der Waals surface area contributed by atoms with Gasteiger partial charge in [0.2, 0.25) is 5.91 Å². The summed E-state index contributed by atoms with van der Waals surface area (Å²) in [5.74, 6) is 0.0408. The molecular weight excluding hydrogens is 866 g/mol. The number of likely N-dealkylation sites (tertiary alicyclic amines) is 3. The second-order valence-corrected chi connectivity index (χ2v) is 19.5. The molecule has 358 valence electrons. The summed E-state index contributed by atoms with van der Waals surface area (Å²) in [6.45, 7) is 13.6. The van der Waals surface area contributed by atoms with Crippen molar-refractivity contribution in [3.63, 3.8) is 0 Å². The number of nitrogens with zero attached hydrogens (tertiary/aromatic N) is 6. The van der Waals surface area contributed by atoms with Crippen molar-refractivity contribution in [2.75, 3.05) is 69.2 Å². The summed E-state index contributed by atoms with van der Waals surface area (Å²) >= 11 is 0. The summed E-state index contributed by atoms with van der Waals surface area (Å²) in [6.07, 6.45) is 6.92. The van der Waals surface area contributed by atoms with Crippen LogP contribution in [-0.4, -0.2) is 124 Å². The van der Waals surface area contributed by atoms with Crippen LogP contribution in [-0.2, 0) is 11.2 Å². The Kier molecular flexibility index (Phi) is 13.5. The number of aliphatic hydroxyl groups is 1. The highest BCUT2D eigenvalue weighted by atomic mass is 19.1. The number of anilines is 2. The molecule has 0 saturated carbocycles. The maximum absolute atomic E-state index is 15.3. The predicted octanol–water partition coefficient (Wildman–Crippen LogP) is 8.02. The quantitative estimate of drug-likeness (QED) is 0.0966. The molecule has 4 aliphatic heterocycles. The molecule has 68 heavy (non-hydrogen) atoms. The molecule has 4 saturated heterocycles. The molecule has 0 radical (unpaired) electrons. The molecule has 3 aromatic carbocycles. The van der Waals surface area contributed by atoms with E-state index in [1.165, 1.54) is 28.9 Å². The van der Waals surface area contributed by atoms with Gasteiger partial charge in [-0.3, -0.25) is 19.8 Å². The van der Waals surface area contributed by atoms with Gasteiger partial charge in [0.1, 0.15) is 23.5 Å². The number of H-pyrrole nitrogens is 1. The predicted molar refractivity (Wildman–Crippen MR) is 259 cm³/mol. The molecule has 2 aromatic heterocycles. The lowest BCUT2D eigenvalue weighted by molar-refractivity contribution is -0.120. The second-order valence-electron chi connectivity index (χ2n) is 19.5. The van der Waals surface area contributed by atoms with Crippen LogP contribution in [0.25, 0.3) is 33.5 Å². The Hall–Kier alpha value is -6.39. The van der Waals surface area contributed by atoms with Gasteiger partial charge in [0.15, 0.2) is 0 Å². The van der Waals surface area contributed by atoms with Crippen LogP contribution in [0.3, 0.4) is 0 Å². The van der Waals surface area contributed by atoms with E-state index in [1.807, 2.05) is 24.8 Å². The molecule has 4 aliphatic rings. The number of carbonyl (C=O) groups excluding carboxylic acids is 4. The van der Waals surface area contributed by atoms with Crippen LogP contribution in [0.5, 0.6) is 5.75 Å². The topological polar surface area (TPSA) is 176 Å². The number of aliphatic hydroxyl groups excluding tert-OH is 1. The molecule has 9 rings (SSSR count). The molecular formula is C52H62FN9O6. The Labute approximate surface area is 396 Å². The molecule has 4 fully saturated rings. The normalized spacial score (nSPS) is 19.8. The molecule has 6 heterocycles. The first-order valence-corrected chi connectivity index (χ1v) is 24.1. The standard InChI is InChI=1S/C52H62FN9O6/c1-5-68-45-11-10-36(25-43(45)62-19-13-46(64)58-51(62)67)49(65)60-22-16-52(17-23-60)14-20-59(21-15-52)18-12-34-6-8-35(9-7-34)42-28-40-47(54-31-55-48(40)56-42)39-26-38(53)27-41(33(39)4)57-50(66)61-29-37(24-32(2)3)44(63)30-61/h6-11,25-28,31-32,37,44,63H,5,12-24,29-30H2,1-4H3,(H,57,66)(H,54,55,56)(H,58,64,67). The molecule has 16 heteroatoms. The lowest BCUT2D eigenvalue weighted by atomic mass is 9.71. The van der Waals surface area contributed by atoms with Gasteiger partial charge in [-0.2, -0.15) is 0 Å². The monoisotopic (exact) mass is 927 g/mol. The average Bonchev–Trinajstić information content (AvgIpc) is 3.93. The number of β-amino-alcohol motifs (C(OH)–C–C–N with tert-alkyl or cyclic N) is 1. The second kappa shape index (κ2) is 19.7. The third-order valence-electron chi connectivity index (χ3n) is 14.6. The zero-order valence-corrected chi connectivity index (χ0v) is 39.4. The number of urea groups is 2. The third-order valence-corrected chi connectivity index (χ3v) is 14.6. The smallest absolute Gasteiger partial charge is 0.328 e. The van der Waals surface area contributed by atoms with E-state index in [0.717, 1.165) is 74.8 Å². The van der Waals surface area contributed by atoms with E-state index in [2.05, 4.69) is 68.6 Å². The molecule has 2 unspecified atom stereocenters. The summed E-state index contributed by atoms with van der Waals surface area (Å²) < 4.78 is 21.0. The number of imide groups is 1. The van der Waals surface area contributed by atoms with Crippen LogP contribution in [0.1, 0.15) is 80.8 Å². The highest BCUT2D eigenvalue weighted by Crippen LogP contribution is 2.42. The number of nitrogens with one attached hydrogen (secondary N) is 3. The van der Waals surface area contributed by atoms with Crippen molar-refractivity contribution >= 4 is 46.3 Å². The Bertz CT molecular complexity index is 2690. The van der Waals surface area contributed by atoms with Gasteiger partial charge in [-0.15, -0.1) is 0 Å². The average molecular weight is 928 g/mol. The number of rotatable bonds is 12. The van der Waals surface area contributed by atoms with Crippen LogP contribution in [0.15, 0.2) is 67.0 Å². The Balaban J connectivity index is 0.782. The molecule has 0 aliphatic carbocycles. The number of piperidine rings is 2. The highest BCUT2D eigenvalue weighted by molar-refractivity contribution is 6.07. The van der Waals surface area contributed by atoms with Gasteiger partial charge in [0.05, 0.1) is 24.1 Å². The first-order chi connectivity index (χ1) is 32.8. The molecule has 1 spiro atoms. The molecule has 2 atom stereocenters. The molecule has 0 bridgehead atoms. The van der Waals surface area contributed by atoms with Crippen molar-refractivity contribution in [3.8, 4) is 28.3 Å². The first kappa shape index (κ1) is 46.7. The number of benzene rings is 3. The van der Waals surface area contributed by atoms with Gasteiger partial charge in [0, 0.05) is 79.5 Å². The lowest BCUT2D eigenvalue weighted by Gasteiger charge is -2.47. The Morgan fingerprint density at radius 1 is 0.941 bits per heavy atom. The van der Waals surface area contributed by atoms with Crippen LogP contribution in [0.2, 0.25) is 0 Å². The fourth-order valence-electron chi connectivity index (χ4n) is 10.6. The van der Waals surface area contributed by atoms with Crippen LogP contribution in [0, 0.1) is 30.0 Å². The van der Waals surface area contributed by atoms with E-state index in [4.69, 9.17) is 4.74 Å². The van der Waals surface area contributed by atoms with E-state index < -0.39 is 18.0 Å². The van der Waals surface area contributed by atoms with E-state index in [0.29, 0.717) is 77.3 Å². The van der Waals surface area contributed by atoms with E-state index >= 15 is 4.39 Å². The van der Waals surface area contributed by atoms with Gasteiger partial charge < -0.3 is 34.8 Å². The minimum absolute atomic E-state index is 0.00952. The fraction of sp³-hybridized carbons (Fsp3) is 0.462. The number of hydrogen-bond donors (Lipinski definition) is 4. The largest absolute Gasteiger partial charge is 0.492 e. The number of aromatic nitrogens is 3. The van der Waals surface area contributed by atoms with Crippen molar-refractivity contribution in [2.45, 2.75) is 78.7 Å². The van der Waals surface area contributed by atoms with Crippen LogP contribution >= 0.6 is 0 Å². The number of aromatic amines is 1. The SMILES string of the molecule is CCOc1ccc(C(=O)N2CCC3(CCN(CCc4ccc(-c5cc6c(-c7cc(F)cc(NC(=O)N8CC(O)C(CC(C)C)C8)c7C)ncnc6[nH]5)cc4)CC3)CC2)cc1N1CCC(=O)NC1=O. The van der Waals surface area contributed by atoms with Crippen molar-refractivity contribution in [1.29, 1.82) is 0 Å². The molecule has 4 N–H and O–H groups in total. The minimum Gasteiger partial charge on any atom is -0.492 e. The maximum Gasteiger partial charge on any atom is 0.328 e. The number of hydrogen-bond acceptors (Lipinski definition) is 9. The van der Waals surface area contributed by atoms with Gasteiger partial charge in [-0.05, 0) is 130 Å². The van der Waals surface area contributed by atoms with Crippen LogP contribution < -0.4 is 20.3 Å². The van der Waals surface area contributed by atoms with E-state index in [-0.39, 0.29) is 48.7 Å². The third kappa shape index (κ3) is 9.93. The van der Waals surface area contributed by atoms with Crippen LogP contribution in [0.4, 0.5) is 25.4 Å². The maximum atomic E-state index is 15.3. The summed E-state index contributed by atoms with van der Waals surface area (Å²) in [5.41, 5.74) is 7.09. The summed E-state index contributed by atoms with van der Waals surface area (Å²) in [5, 5.41) is 16.6. The Morgan fingerprint density at radius 2 is 1.69 bits per heavy atom. The fourth-order valence-corrected chi connectivity index (χ4v) is 10.6. The number of fused-ring (bicyclic) bond motifs is 1. The Morgan fingerprint density at radius 3 is 2.41 bits per heavy atom. The van der Waals surface area contributed by atoms with E-state index in [1.54, 1.807) is 23.1 Å². The van der Waals surface area contributed by atoms with Crippen molar-refractivity contribution in [2.24, 2.45) is 17.3 Å². The summed E-state index contributed by atoms with van der Waals surface area (Å²) in [4.78, 5) is 71.7. The van der Waals surface area contributed by atoms with Gasteiger partial charge >= 0.3 is 12.1 Å². The van der Waals surface area contributed by atoms with E-state index in [9.17, 15) is 24.3 Å². The lowest BCUT2D eigenvalue weighted by Crippen LogP contribution is -2.50.